The van der Waals surface area contributed by atoms with Gasteiger partial charge in [0.25, 0.3) is 5.91 Å². The number of halogens is 2. The summed E-state index contributed by atoms with van der Waals surface area (Å²) < 4.78 is 28.5. The first-order valence-corrected chi connectivity index (χ1v) is 12.5. The molecule has 4 aromatic rings. The minimum Gasteiger partial charge on any atom is -0.391 e. The molecule has 0 bridgehead atoms. The Balaban J connectivity index is 1.26. The summed E-state index contributed by atoms with van der Waals surface area (Å²) in [4.78, 5) is 34.5. The zero-order chi connectivity index (χ0) is 26.2. The number of rotatable bonds is 5. The second kappa shape index (κ2) is 9.90. The number of aliphatic hydroxyl groups is 1. The Hall–Kier alpha value is -4.25. The average Bonchev–Trinajstić information content (AvgIpc) is 3.59. The van der Waals surface area contributed by atoms with Gasteiger partial charge in [0.2, 0.25) is 5.95 Å². The van der Waals surface area contributed by atoms with Crippen molar-refractivity contribution in [3.05, 3.63) is 77.8 Å². The maximum Gasteiger partial charge on any atom is 0.258 e. The molecular weight excluding hydrogens is 492 g/mol. The molecule has 2 fully saturated rings. The number of aliphatic hydroxyl groups excluding tert-OH is 1. The van der Waals surface area contributed by atoms with Crippen LogP contribution in [0.5, 0.6) is 0 Å². The lowest BCUT2D eigenvalue weighted by Gasteiger charge is -2.26. The van der Waals surface area contributed by atoms with Crippen LogP contribution in [-0.2, 0) is 0 Å². The number of nitrogens with zero attached hydrogens (tertiary/aromatic N) is 6. The summed E-state index contributed by atoms with van der Waals surface area (Å²) in [7, 11) is 0. The number of fused-ring (bicyclic) bond motifs is 1. The molecule has 3 aromatic heterocycles. The van der Waals surface area contributed by atoms with Crippen molar-refractivity contribution in [3.8, 4) is 0 Å². The van der Waals surface area contributed by atoms with Gasteiger partial charge in [-0.05, 0) is 55.7 Å². The van der Waals surface area contributed by atoms with Crippen LogP contribution in [0.2, 0.25) is 0 Å². The van der Waals surface area contributed by atoms with Crippen LogP contribution >= 0.6 is 0 Å². The lowest BCUT2D eigenvalue weighted by Crippen LogP contribution is -2.24. The molecule has 0 aliphatic carbocycles. The Morgan fingerprint density at radius 1 is 1.03 bits per heavy atom. The molecule has 6 rings (SSSR count). The lowest BCUT2D eigenvalue weighted by molar-refractivity contribution is 0.102. The van der Waals surface area contributed by atoms with Gasteiger partial charge in [0.15, 0.2) is 0 Å². The van der Waals surface area contributed by atoms with Crippen molar-refractivity contribution in [1.82, 2.24) is 19.9 Å². The number of pyridine rings is 2. The van der Waals surface area contributed by atoms with Gasteiger partial charge in [0.1, 0.15) is 23.0 Å². The van der Waals surface area contributed by atoms with E-state index < -0.39 is 23.6 Å². The highest BCUT2D eigenvalue weighted by Crippen LogP contribution is 2.37. The predicted molar refractivity (Wildman–Crippen MR) is 138 cm³/mol. The normalized spacial score (nSPS) is 19.3. The first-order chi connectivity index (χ1) is 18.5. The number of anilines is 3. The van der Waals surface area contributed by atoms with Gasteiger partial charge >= 0.3 is 0 Å². The Labute approximate surface area is 217 Å². The van der Waals surface area contributed by atoms with Crippen molar-refractivity contribution in [2.24, 2.45) is 0 Å². The van der Waals surface area contributed by atoms with Crippen molar-refractivity contribution in [2.75, 3.05) is 34.8 Å². The Morgan fingerprint density at radius 3 is 2.66 bits per heavy atom. The molecule has 38 heavy (non-hydrogen) atoms. The Bertz CT molecular complexity index is 1500. The first kappa shape index (κ1) is 24.1. The smallest absolute Gasteiger partial charge is 0.258 e. The van der Waals surface area contributed by atoms with Crippen LogP contribution < -0.4 is 15.1 Å². The number of hydrogen-bond donors (Lipinski definition) is 2. The van der Waals surface area contributed by atoms with E-state index in [2.05, 4.69) is 20.3 Å². The third kappa shape index (κ3) is 4.60. The monoisotopic (exact) mass is 517 g/mol. The second-order valence-corrected chi connectivity index (χ2v) is 9.53. The minimum absolute atomic E-state index is 0.274. The topological polar surface area (TPSA) is 107 Å². The molecule has 5 heterocycles. The lowest BCUT2D eigenvalue weighted by atomic mass is 10.0. The van der Waals surface area contributed by atoms with Gasteiger partial charge in [0, 0.05) is 43.8 Å². The zero-order valence-corrected chi connectivity index (χ0v) is 20.4. The summed E-state index contributed by atoms with van der Waals surface area (Å²) in [5.41, 5.74) is 2.10. The van der Waals surface area contributed by atoms with Crippen molar-refractivity contribution in [1.29, 1.82) is 0 Å². The number of aromatic nitrogens is 4. The SMILES string of the molecule is O=C(Nc1ccnc2ccc(N3CCC[C@@H]3c3cc(F)ccc3F)nc12)c1cnc(N2CC[C@H](O)C2)nc1. The molecular formula is C27H25F2N7O2. The molecule has 194 valence electrons. The van der Waals surface area contributed by atoms with E-state index in [9.17, 15) is 18.7 Å². The number of carbonyl (C=O) groups is 1. The molecule has 11 heteroatoms. The molecule has 1 aromatic carbocycles. The number of β-amino-alcohol motifs (C(OH)–C–C–N with tert-alkyl or cyclic N) is 1. The van der Waals surface area contributed by atoms with E-state index in [4.69, 9.17) is 4.98 Å². The summed E-state index contributed by atoms with van der Waals surface area (Å²) in [5.74, 6) is -0.281. The largest absolute Gasteiger partial charge is 0.391 e. The fraction of sp³-hybridized carbons (Fsp3) is 0.296. The molecule has 2 N–H and O–H groups in total. The maximum absolute atomic E-state index is 14.6. The molecule has 0 spiro atoms. The molecule has 0 saturated carbocycles. The van der Waals surface area contributed by atoms with E-state index in [0.717, 1.165) is 18.6 Å². The van der Waals surface area contributed by atoms with Crippen LogP contribution in [0.25, 0.3) is 11.0 Å². The van der Waals surface area contributed by atoms with Crippen molar-refractivity contribution in [3.63, 3.8) is 0 Å². The van der Waals surface area contributed by atoms with Gasteiger partial charge in [0.05, 0.1) is 28.9 Å². The maximum atomic E-state index is 14.6. The van der Waals surface area contributed by atoms with E-state index in [1.54, 1.807) is 24.4 Å². The summed E-state index contributed by atoms with van der Waals surface area (Å²) >= 11 is 0. The summed E-state index contributed by atoms with van der Waals surface area (Å²) in [5, 5.41) is 12.6. The van der Waals surface area contributed by atoms with E-state index in [0.29, 0.717) is 66.5 Å². The number of amides is 1. The fourth-order valence-electron chi connectivity index (χ4n) is 5.13. The number of nitrogens with one attached hydrogen (secondary N) is 1. The van der Waals surface area contributed by atoms with Crippen LogP contribution in [-0.4, -0.2) is 56.7 Å². The third-order valence-corrected chi connectivity index (χ3v) is 7.03. The van der Waals surface area contributed by atoms with E-state index in [-0.39, 0.29) is 11.6 Å². The van der Waals surface area contributed by atoms with Crippen molar-refractivity contribution in [2.45, 2.75) is 31.4 Å². The number of carbonyl (C=O) groups excluding carboxylic acids is 1. The van der Waals surface area contributed by atoms with Gasteiger partial charge in [-0.15, -0.1) is 0 Å². The molecule has 2 saturated heterocycles. The van der Waals surface area contributed by atoms with Gasteiger partial charge in [-0.25, -0.2) is 23.7 Å². The molecule has 2 aliphatic heterocycles. The van der Waals surface area contributed by atoms with Crippen LogP contribution in [0.3, 0.4) is 0 Å². The average molecular weight is 518 g/mol. The third-order valence-electron chi connectivity index (χ3n) is 7.03. The van der Waals surface area contributed by atoms with Crippen LogP contribution in [0.4, 0.5) is 26.2 Å². The van der Waals surface area contributed by atoms with E-state index >= 15 is 0 Å². The fourth-order valence-corrected chi connectivity index (χ4v) is 5.13. The van der Waals surface area contributed by atoms with Gasteiger partial charge in [-0.3, -0.25) is 9.78 Å². The Morgan fingerprint density at radius 2 is 1.87 bits per heavy atom. The van der Waals surface area contributed by atoms with Crippen LogP contribution in [0.15, 0.2) is 55.0 Å². The van der Waals surface area contributed by atoms with Gasteiger partial charge in [-0.2, -0.15) is 0 Å². The standard InChI is InChI=1S/C27H25F2N7O2/c28-17-3-4-20(29)19(12-17)23-2-1-10-36(23)24-6-5-21-25(34-24)22(7-9-30-21)33-26(38)16-13-31-27(32-14-16)35-11-8-18(37)15-35/h3-7,9,12-14,18,23,37H,1-2,8,10-11,15H2,(H,30,33,38)/t18-,23+/m0/s1. The molecule has 2 atom stereocenters. The van der Waals surface area contributed by atoms with Crippen molar-refractivity contribution >= 4 is 34.4 Å². The zero-order valence-electron chi connectivity index (χ0n) is 20.4. The first-order valence-electron chi connectivity index (χ1n) is 12.5. The summed E-state index contributed by atoms with van der Waals surface area (Å²) in [6.45, 7) is 1.76. The van der Waals surface area contributed by atoms with Gasteiger partial charge in [-0.1, -0.05) is 0 Å². The molecule has 0 radical (unpaired) electrons. The van der Waals surface area contributed by atoms with Crippen LogP contribution in [0.1, 0.15) is 41.2 Å². The van der Waals surface area contributed by atoms with E-state index in [1.807, 2.05) is 9.80 Å². The summed E-state index contributed by atoms with van der Waals surface area (Å²) in [6, 6.07) is 8.42. The van der Waals surface area contributed by atoms with E-state index in [1.165, 1.54) is 18.5 Å². The second-order valence-electron chi connectivity index (χ2n) is 9.53. The highest BCUT2D eigenvalue weighted by atomic mass is 19.1. The Kier molecular flexibility index (Phi) is 6.28. The minimum atomic E-state index is -0.482. The molecule has 9 nitrogen and oxygen atoms in total. The summed E-state index contributed by atoms with van der Waals surface area (Å²) in [6.07, 6.45) is 6.22. The number of benzene rings is 1. The molecule has 1 amide bonds. The quantitative estimate of drug-likeness (QED) is 0.411. The van der Waals surface area contributed by atoms with Crippen molar-refractivity contribution < 1.29 is 18.7 Å². The molecule has 0 unspecified atom stereocenters. The highest BCUT2D eigenvalue weighted by molar-refractivity contribution is 6.07. The van der Waals surface area contributed by atoms with Crippen LogP contribution in [0, 0.1) is 11.6 Å². The molecule has 2 aliphatic rings. The van der Waals surface area contributed by atoms with Gasteiger partial charge < -0.3 is 20.2 Å². The predicted octanol–water partition coefficient (Wildman–Crippen LogP) is 3.86. The number of hydrogen-bond acceptors (Lipinski definition) is 8. The highest BCUT2D eigenvalue weighted by Gasteiger charge is 2.30.